The molecule has 128 valence electrons. The molecule has 0 N–H and O–H groups in total. The Balaban J connectivity index is 1.85. The van der Waals surface area contributed by atoms with Crippen molar-refractivity contribution in [2.75, 3.05) is 25.2 Å². The van der Waals surface area contributed by atoms with Crippen LogP contribution in [0.4, 0.5) is 5.13 Å². The van der Waals surface area contributed by atoms with Gasteiger partial charge in [-0.05, 0) is 24.6 Å². The van der Waals surface area contributed by atoms with Crippen LogP contribution in [-0.2, 0) is 9.47 Å². The molecule has 2 unspecified atom stereocenters. The minimum absolute atomic E-state index is 0.119. The van der Waals surface area contributed by atoms with Crippen LogP contribution in [0.5, 0.6) is 0 Å². The summed E-state index contributed by atoms with van der Waals surface area (Å²) in [7, 11) is 1.32. The summed E-state index contributed by atoms with van der Waals surface area (Å²) in [5.41, 5.74) is 1.01. The molecular weight excluding hydrogens is 371 g/mol. The number of anilines is 1. The first-order chi connectivity index (χ1) is 11.5. The lowest BCUT2D eigenvalue weighted by molar-refractivity contribution is 0.0215. The number of halogens is 2. The van der Waals surface area contributed by atoms with Gasteiger partial charge in [-0.15, -0.1) is 0 Å². The lowest BCUT2D eigenvalue weighted by Crippen LogP contribution is -2.45. The Labute approximate surface area is 154 Å². The van der Waals surface area contributed by atoms with Gasteiger partial charge in [0.1, 0.15) is 6.10 Å². The SMILES string of the molecule is COC(=O)c1sc(N2CC(c3cccc(Cl)c3)OCC2C)nc1Cl. The molecule has 2 aromatic rings. The number of carbonyl (C=O) groups is 1. The molecule has 0 radical (unpaired) electrons. The summed E-state index contributed by atoms with van der Waals surface area (Å²) in [4.78, 5) is 18.5. The minimum Gasteiger partial charge on any atom is -0.465 e. The van der Waals surface area contributed by atoms with Crippen molar-refractivity contribution in [3.05, 3.63) is 44.9 Å². The van der Waals surface area contributed by atoms with Crippen molar-refractivity contribution in [3.8, 4) is 0 Å². The predicted octanol–water partition coefficient (Wildman–Crippen LogP) is 4.20. The van der Waals surface area contributed by atoms with Crippen LogP contribution in [0.15, 0.2) is 24.3 Å². The summed E-state index contributed by atoms with van der Waals surface area (Å²) in [5.74, 6) is -0.476. The van der Waals surface area contributed by atoms with Gasteiger partial charge in [0.05, 0.1) is 26.3 Å². The van der Waals surface area contributed by atoms with Crippen LogP contribution in [0.3, 0.4) is 0 Å². The standard InChI is InChI=1S/C16H16Cl2N2O3S/c1-9-8-23-12(10-4-3-5-11(17)6-10)7-20(9)16-19-14(18)13(24-16)15(21)22-2/h3-6,9,12H,7-8H2,1-2H3. The maximum Gasteiger partial charge on any atom is 0.351 e. The number of hydrogen-bond acceptors (Lipinski definition) is 6. The van der Waals surface area contributed by atoms with Crippen molar-refractivity contribution < 1.29 is 14.3 Å². The average molecular weight is 387 g/mol. The van der Waals surface area contributed by atoms with Crippen LogP contribution < -0.4 is 4.90 Å². The molecule has 1 aromatic carbocycles. The van der Waals surface area contributed by atoms with E-state index in [9.17, 15) is 4.79 Å². The summed E-state index contributed by atoms with van der Waals surface area (Å²) in [6.07, 6.45) is -0.121. The summed E-state index contributed by atoms with van der Waals surface area (Å²) in [6, 6.07) is 7.73. The molecule has 0 spiro atoms. The first-order valence-corrected chi connectivity index (χ1v) is 8.95. The summed E-state index contributed by atoms with van der Waals surface area (Å²) < 4.78 is 10.7. The second kappa shape index (κ2) is 7.27. The quantitative estimate of drug-likeness (QED) is 0.739. The number of carbonyl (C=O) groups excluding carboxylic acids is 1. The van der Waals surface area contributed by atoms with Gasteiger partial charge in [0.2, 0.25) is 0 Å². The van der Waals surface area contributed by atoms with Crippen molar-refractivity contribution in [2.45, 2.75) is 19.1 Å². The maximum absolute atomic E-state index is 11.7. The number of benzene rings is 1. The monoisotopic (exact) mass is 386 g/mol. The van der Waals surface area contributed by atoms with E-state index in [-0.39, 0.29) is 17.3 Å². The second-order valence-electron chi connectivity index (χ2n) is 5.49. The van der Waals surface area contributed by atoms with E-state index in [2.05, 4.69) is 9.88 Å². The molecular formula is C16H16Cl2N2O3S. The summed E-state index contributed by atoms with van der Waals surface area (Å²) in [6.45, 7) is 3.19. The number of ether oxygens (including phenoxy) is 2. The van der Waals surface area contributed by atoms with E-state index in [1.54, 1.807) is 0 Å². The third-order valence-electron chi connectivity index (χ3n) is 3.84. The highest BCUT2D eigenvalue weighted by Gasteiger charge is 2.31. The normalized spacial score (nSPS) is 20.9. The molecule has 24 heavy (non-hydrogen) atoms. The van der Waals surface area contributed by atoms with E-state index in [1.807, 2.05) is 31.2 Å². The molecule has 0 saturated carbocycles. The fourth-order valence-electron chi connectivity index (χ4n) is 2.56. The van der Waals surface area contributed by atoms with Gasteiger partial charge in [-0.25, -0.2) is 9.78 Å². The Morgan fingerprint density at radius 2 is 2.25 bits per heavy atom. The van der Waals surface area contributed by atoms with Gasteiger partial charge in [-0.2, -0.15) is 0 Å². The van der Waals surface area contributed by atoms with E-state index in [0.29, 0.717) is 28.2 Å². The zero-order valence-corrected chi connectivity index (χ0v) is 15.5. The lowest BCUT2D eigenvalue weighted by Gasteiger charge is -2.38. The highest BCUT2D eigenvalue weighted by Crippen LogP contribution is 2.35. The molecule has 1 aliphatic rings. The van der Waals surface area contributed by atoms with Gasteiger partial charge < -0.3 is 14.4 Å². The molecule has 2 atom stereocenters. The first-order valence-electron chi connectivity index (χ1n) is 7.38. The topological polar surface area (TPSA) is 51.7 Å². The predicted molar refractivity (Wildman–Crippen MR) is 95.4 cm³/mol. The molecule has 5 nitrogen and oxygen atoms in total. The third kappa shape index (κ3) is 3.52. The van der Waals surface area contributed by atoms with E-state index in [4.69, 9.17) is 32.7 Å². The molecule has 0 amide bonds. The zero-order chi connectivity index (χ0) is 17.3. The molecule has 0 aliphatic carbocycles. The number of hydrogen-bond donors (Lipinski definition) is 0. The van der Waals surface area contributed by atoms with Gasteiger partial charge >= 0.3 is 5.97 Å². The fraction of sp³-hybridized carbons (Fsp3) is 0.375. The van der Waals surface area contributed by atoms with Crippen LogP contribution >= 0.6 is 34.5 Å². The number of aromatic nitrogens is 1. The highest BCUT2D eigenvalue weighted by molar-refractivity contribution is 7.18. The Hall–Kier alpha value is -1.34. The van der Waals surface area contributed by atoms with Gasteiger partial charge in [0.15, 0.2) is 15.2 Å². The molecule has 1 fully saturated rings. The van der Waals surface area contributed by atoms with Crippen LogP contribution in [0.25, 0.3) is 0 Å². The Morgan fingerprint density at radius 1 is 1.46 bits per heavy atom. The molecule has 1 aliphatic heterocycles. The van der Waals surface area contributed by atoms with Gasteiger partial charge in [-0.3, -0.25) is 0 Å². The fourth-order valence-corrected chi connectivity index (χ4v) is 4.07. The highest BCUT2D eigenvalue weighted by atomic mass is 35.5. The van der Waals surface area contributed by atoms with Gasteiger partial charge in [0, 0.05) is 5.02 Å². The number of rotatable bonds is 3. The number of nitrogens with zero attached hydrogens (tertiary/aromatic N) is 2. The Kier molecular flexibility index (Phi) is 5.30. The maximum atomic E-state index is 11.7. The van der Waals surface area contributed by atoms with Crippen molar-refractivity contribution in [2.24, 2.45) is 0 Å². The van der Waals surface area contributed by atoms with Crippen LogP contribution in [0.2, 0.25) is 10.2 Å². The van der Waals surface area contributed by atoms with E-state index >= 15 is 0 Å². The smallest absolute Gasteiger partial charge is 0.351 e. The molecule has 2 heterocycles. The summed E-state index contributed by atoms with van der Waals surface area (Å²) in [5, 5.41) is 1.52. The van der Waals surface area contributed by atoms with E-state index in [0.717, 1.165) is 5.56 Å². The minimum atomic E-state index is -0.476. The number of esters is 1. The van der Waals surface area contributed by atoms with Crippen LogP contribution in [0, 0.1) is 0 Å². The lowest BCUT2D eigenvalue weighted by atomic mass is 10.1. The van der Waals surface area contributed by atoms with Gasteiger partial charge in [0.25, 0.3) is 0 Å². The zero-order valence-electron chi connectivity index (χ0n) is 13.2. The van der Waals surface area contributed by atoms with Gasteiger partial charge in [-0.1, -0.05) is 46.7 Å². The van der Waals surface area contributed by atoms with Crippen LogP contribution in [0.1, 0.15) is 28.3 Å². The third-order valence-corrected chi connectivity index (χ3v) is 5.54. The van der Waals surface area contributed by atoms with Crippen LogP contribution in [-0.4, -0.2) is 37.3 Å². The summed E-state index contributed by atoms with van der Waals surface area (Å²) >= 11 is 13.4. The molecule has 1 aromatic heterocycles. The Bertz CT molecular complexity index is 753. The number of thiazole rings is 1. The van der Waals surface area contributed by atoms with E-state index < -0.39 is 5.97 Å². The number of methoxy groups -OCH3 is 1. The van der Waals surface area contributed by atoms with Crippen molar-refractivity contribution in [1.29, 1.82) is 0 Å². The van der Waals surface area contributed by atoms with Crippen molar-refractivity contribution >= 4 is 45.6 Å². The Morgan fingerprint density at radius 3 is 2.96 bits per heavy atom. The van der Waals surface area contributed by atoms with Crippen molar-refractivity contribution in [1.82, 2.24) is 4.98 Å². The molecule has 1 saturated heterocycles. The van der Waals surface area contributed by atoms with Crippen molar-refractivity contribution in [3.63, 3.8) is 0 Å². The largest absolute Gasteiger partial charge is 0.465 e. The average Bonchev–Trinajstić information content (AvgIpc) is 2.96. The first kappa shape index (κ1) is 17.5. The molecule has 8 heteroatoms. The van der Waals surface area contributed by atoms with E-state index in [1.165, 1.54) is 18.4 Å². The number of morpholine rings is 1. The molecule has 0 bridgehead atoms. The molecule has 3 rings (SSSR count). The second-order valence-corrected chi connectivity index (χ2v) is 7.26.